The van der Waals surface area contributed by atoms with Crippen molar-refractivity contribution in [2.75, 3.05) is 7.11 Å². The van der Waals surface area contributed by atoms with Gasteiger partial charge < -0.3 is 4.74 Å². The fourth-order valence-corrected chi connectivity index (χ4v) is 2.52. The van der Waals surface area contributed by atoms with Crippen LogP contribution in [-0.4, -0.2) is 15.5 Å². The Morgan fingerprint density at radius 3 is 2.32 bits per heavy atom. The minimum Gasteiger partial charge on any atom is -0.497 e. The van der Waals surface area contributed by atoms with E-state index in [0.29, 0.717) is 11.3 Å². The second-order valence-corrected chi connectivity index (χ2v) is 6.22. The minimum absolute atomic E-state index is 0.107. The summed E-state index contributed by atoms with van der Waals surface area (Å²) < 4.78 is 44.0. The van der Waals surface area contributed by atoms with E-state index in [4.69, 9.17) is 4.74 Å². The number of halogens is 1. The fourth-order valence-electron chi connectivity index (χ4n) is 1.72. The van der Waals surface area contributed by atoms with E-state index in [9.17, 15) is 12.8 Å². The van der Waals surface area contributed by atoms with Gasteiger partial charge in [-0.2, -0.15) is 0 Å². The number of hydrogen-bond donors (Lipinski definition) is 1. The predicted molar refractivity (Wildman–Crippen MR) is 84.2 cm³/mol. The highest BCUT2D eigenvalue weighted by atomic mass is 32.2. The van der Waals surface area contributed by atoms with E-state index >= 15 is 0 Å². The summed E-state index contributed by atoms with van der Waals surface area (Å²) in [5, 5.41) is 1.10. The van der Waals surface area contributed by atoms with E-state index in [1.165, 1.54) is 30.3 Å². The SMILES string of the molecule is COc1ccc(/C=C/S(=O)(=O)NCc2ccc(F)cc2)cc1. The van der Waals surface area contributed by atoms with E-state index in [0.717, 1.165) is 11.0 Å². The Morgan fingerprint density at radius 1 is 1.09 bits per heavy atom. The van der Waals surface area contributed by atoms with E-state index in [2.05, 4.69) is 4.72 Å². The average Bonchev–Trinajstić information content (AvgIpc) is 2.53. The molecule has 2 aromatic carbocycles. The molecule has 0 aliphatic heterocycles. The van der Waals surface area contributed by atoms with E-state index in [1.54, 1.807) is 31.4 Å². The van der Waals surface area contributed by atoms with Gasteiger partial charge in [0.25, 0.3) is 0 Å². The maximum Gasteiger partial charge on any atom is 0.234 e. The average molecular weight is 321 g/mol. The molecule has 0 aromatic heterocycles. The van der Waals surface area contributed by atoms with Crippen LogP contribution in [-0.2, 0) is 16.6 Å². The topological polar surface area (TPSA) is 55.4 Å². The molecule has 6 heteroatoms. The molecule has 0 saturated carbocycles. The molecule has 0 aliphatic rings. The highest BCUT2D eigenvalue weighted by molar-refractivity contribution is 7.92. The van der Waals surface area contributed by atoms with Crippen LogP contribution in [0.25, 0.3) is 6.08 Å². The molecule has 0 bridgehead atoms. The lowest BCUT2D eigenvalue weighted by molar-refractivity contribution is 0.415. The van der Waals surface area contributed by atoms with E-state index in [-0.39, 0.29) is 12.4 Å². The third kappa shape index (κ3) is 4.98. The van der Waals surface area contributed by atoms with Gasteiger partial charge in [-0.3, -0.25) is 0 Å². The molecule has 0 amide bonds. The lowest BCUT2D eigenvalue weighted by atomic mass is 10.2. The van der Waals surface area contributed by atoms with Gasteiger partial charge in [0.2, 0.25) is 10.0 Å². The van der Waals surface area contributed by atoms with Crippen LogP contribution in [0.2, 0.25) is 0 Å². The molecule has 0 fully saturated rings. The maximum absolute atomic E-state index is 12.8. The zero-order valence-corrected chi connectivity index (χ0v) is 12.8. The Balaban J connectivity index is 1.97. The van der Waals surface area contributed by atoms with Crippen molar-refractivity contribution in [2.24, 2.45) is 0 Å². The van der Waals surface area contributed by atoms with Crippen molar-refractivity contribution < 1.29 is 17.5 Å². The molecule has 4 nitrogen and oxygen atoms in total. The quantitative estimate of drug-likeness (QED) is 0.890. The number of hydrogen-bond acceptors (Lipinski definition) is 3. The Labute approximate surface area is 129 Å². The van der Waals surface area contributed by atoms with Gasteiger partial charge in [-0.25, -0.2) is 17.5 Å². The third-order valence-corrected chi connectivity index (χ3v) is 3.99. The summed E-state index contributed by atoms with van der Waals surface area (Å²) in [6.07, 6.45) is 1.49. The second kappa shape index (κ2) is 7.20. The smallest absolute Gasteiger partial charge is 0.234 e. The Kier molecular flexibility index (Phi) is 5.30. The van der Waals surface area contributed by atoms with Crippen LogP contribution in [0.1, 0.15) is 11.1 Å². The van der Waals surface area contributed by atoms with Crippen LogP contribution in [0, 0.1) is 5.82 Å². The molecule has 0 atom stereocenters. The zero-order chi connectivity index (χ0) is 16.0. The first-order chi connectivity index (χ1) is 10.5. The van der Waals surface area contributed by atoms with Crippen LogP contribution in [0.15, 0.2) is 53.9 Å². The summed E-state index contributed by atoms with van der Waals surface area (Å²) in [6.45, 7) is 0.107. The van der Waals surface area contributed by atoms with E-state index in [1.807, 2.05) is 0 Å². The first-order valence-electron chi connectivity index (χ1n) is 6.55. The molecule has 0 unspecified atom stereocenters. The van der Waals surface area contributed by atoms with Gasteiger partial charge >= 0.3 is 0 Å². The molecule has 0 heterocycles. The summed E-state index contributed by atoms with van der Waals surface area (Å²) in [4.78, 5) is 0. The van der Waals surface area contributed by atoms with Crippen molar-refractivity contribution in [3.8, 4) is 5.75 Å². The van der Waals surface area contributed by atoms with Crippen LogP contribution < -0.4 is 9.46 Å². The lowest BCUT2D eigenvalue weighted by Gasteiger charge is -2.03. The molecule has 0 radical (unpaired) electrons. The van der Waals surface area contributed by atoms with Crippen molar-refractivity contribution in [1.29, 1.82) is 0 Å². The molecule has 0 aliphatic carbocycles. The highest BCUT2D eigenvalue weighted by Gasteiger charge is 2.05. The van der Waals surface area contributed by atoms with Gasteiger partial charge in [0.05, 0.1) is 7.11 Å². The molecule has 2 rings (SSSR count). The van der Waals surface area contributed by atoms with Crippen molar-refractivity contribution in [1.82, 2.24) is 4.72 Å². The molecule has 2 aromatic rings. The van der Waals surface area contributed by atoms with Gasteiger partial charge in [-0.1, -0.05) is 24.3 Å². The maximum atomic E-state index is 12.8. The largest absolute Gasteiger partial charge is 0.497 e. The molecule has 0 saturated heterocycles. The van der Waals surface area contributed by atoms with Gasteiger partial charge in [-0.05, 0) is 41.5 Å². The van der Waals surface area contributed by atoms with Gasteiger partial charge in [0, 0.05) is 12.0 Å². The number of rotatable bonds is 6. The number of ether oxygens (including phenoxy) is 1. The van der Waals surface area contributed by atoms with Gasteiger partial charge in [0.1, 0.15) is 11.6 Å². The van der Waals surface area contributed by atoms with Gasteiger partial charge in [-0.15, -0.1) is 0 Å². The fraction of sp³-hybridized carbons (Fsp3) is 0.125. The van der Waals surface area contributed by atoms with Crippen LogP contribution in [0.3, 0.4) is 0 Å². The number of sulfonamides is 1. The van der Waals surface area contributed by atoms with Crippen LogP contribution in [0.5, 0.6) is 5.75 Å². The standard InChI is InChI=1S/C16H16FNO3S/c1-21-16-8-4-13(5-9-16)10-11-22(19,20)18-12-14-2-6-15(17)7-3-14/h2-11,18H,12H2,1H3/b11-10+. The number of benzene rings is 2. The molecule has 1 N–H and O–H groups in total. The van der Waals surface area contributed by atoms with Crippen LogP contribution >= 0.6 is 0 Å². The number of nitrogens with one attached hydrogen (secondary N) is 1. The Hall–Kier alpha value is -2.18. The molecular formula is C16H16FNO3S. The van der Waals surface area contributed by atoms with Crippen LogP contribution in [0.4, 0.5) is 4.39 Å². The summed E-state index contributed by atoms with van der Waals surface area (Å²) in [6, 6.07) is 12.6. The van der Waals surface area contributed by atoms with Crippen molar-refractivity contribution in [3.05, 3.63) is 70.9 Å². The first-order valence-corrected chi connectivity index (χ1v) is 8.09. The lowest BCUT2D eigenvalue weighted by Crippen LogP contribution is -2.20. The molecule has 22 heavy (non-hydrogen) atoms. The molecular weight excluding hydrogens is 305 g/mol. The number of methoxy groups -OCH3 is 1. The monoisotopic (exact) mass is 321 g/mol. The first kappa shape index (κ1) is 16.2. The Morgan fingerprint density at radius 2 is 1.73 bits per heavy atom. The zero-order valence-electron chi connectivity index (χ0n) is 12.0. The van der Waals surface area contributed by atoms with Crippen molar-refractivity contribution in [3.63, 3.8) is 0 Å². The summed E-state index contributed by atoms with van der Waals surface area (Å²) in [5.74, 6) is 0.348. The molecule has 0 spiro atoms. The van der Waals surface area contributed by atoms with E-state index < -0.39 is 10.0 Å². The van der Waals surface area contributed by atoms with Crippen molar-refractivity contribution >= 4 is 16.1 Å². The second-order valence-electron chi connectivity index (χ2n) is 4.57. The van der Waals surface area contributed by atoms with Gasteiger partial charge in [0.15, 0.2) is 0 Å². The Bertz CT molecular complexity index is 738. The summed E-state index contributed by atoms with van der Waals surface area (Å²) in [7, 11) is -2.00. The van der Waals surface area contributed by atoms with Crippen molar-refractivity contribution in [2.45, 2.75) is 6.54 Å². The normalized spacial score (nSPS) is 11.7. The predicted octanol–water partition coefficient (Wildman–Crippen LogP) is 2.92. The minimum atomic E-state index is -3.56. The summed E-state index contributed by atoms with van der Waals surface area (Å²) >= 11 is 0. The highest BCUT2D eigenvalue weighted by Crippen LogP contribution is 2.12. The molecule has 116 valence electrons. The summed E-state index contributed by atoms with van der Waals surface area (Å²) in [5.41, 5.74) is 1.43. The third-order valence-electron chi connectivity index (χ3n) is 2.95.